The summed E-state index contributed by atoms with van der Waals surface area (Å²) in [6.07, 6.45) is 10.9. The van der Waals surface area contributed by atoms with E-state index in [4.69, 9.17) is 9.47 Å². The van der Waals surface area contributed by atoms with Gasteiger partial charge in [-0.1, -0.05) is 11.6 Å². The molecule has 0 aliphatic heterocycles. The second-order valence-electron chi connectivity index (χ2n) is 6.12. The summed E-state index contributed by atoms with van der Waals surface area (Å²) in [5, 5.41) is 0. The van der Waals surface area contributed by atoms with Gasteiger partial charge in [0.1, 0.15) is 5.75 Å². The Hall–Kier alpha value is -1.15. The summed E-state index contributed by atoms with van der Waals surface area (Å²) in [5.74, 6) is 1.70. The first-order valence-electron chi connectivity index (χ1n) is 8.55. The first-order valence-corrected chi connectivity index (χ1v) is 9.78. The maximum Gasteiger partial charge on any atom is -0.109 e. The number of hydrogen-bond donors (Lipinski definition) is 0. The zero-order chi connectivity index (χ0) is 18.9. The first-order chi connectivity index (χ1) is 12.5. The Labute approximate surface area is 196 Å². The summed E-state index contributed by atoms with van der Waals surface area (Å²) in [7, 11) is 3.36. The fourth-order valence-electron chi connectivity index (χ4n) is 2.66. The summed E-state index contributed by atoms with van der Waals surface area (Å²) in [5.41, 5.74) is 5.03. The summed E-state index contributed by atoms with van der Waals surface area (Å²) >= 11 is 1.55. The smallest absolute Gasteiger partial charge is 0.109 e. The van der Waals surface area contributed by atoms with Gasteiger partial charge in [0.25, 0.3) is 0 Å². The number of ether oxygens (including phenoxy) is 2. The van der Waals surface area contributed by atoms with Gasteiger partial charge in [-0.15, -0.1) is 29.7 Å². The van der Waals surface area contributed by atoms with Gasteiger partial charge in [0.2, 0.25) is 0 Å². The number of halogens is 2. The van der Waals surface area contributed by atoms with Crippen LogP contribution >= 0.6 is 0 Å². The molecule has 0 saturated heterocycles. The van der Waals surface area contributed by atoms with Gasteiger partial charge in [-0.2, -0.15) is 12.1 Å². The van der Waals surface area contributed by atoms with E-state index < -0.39 is 0 Å². The first kappa shape index (κ1) is 26.9. The molecule has 2 aromatic carbocycles. The third-order valence-corrected chi connectivity index (χ3v) is 3.78. The van der Waals surface area contributed by atoms with E-state index in [1.165, 1.54) is 25.5 Å². The maximum absolute atomic E-state index is 5.25. The molecule has 2 aliphatic rings. The van der Waals surface area contributed by atoms with Gasteiger partial charge >= 0.3 is 41.3 Å². The molecule has 0 amide bonds. The van der Waals surface area contributed by atoms with Crippen LogP contribution in [0, 0.1) is 12.1 Å². The predicted molar refractivity (Wildman–Crippen MR) is 105 cm³/mol. The third kappa shape index (κ3) is 8.07. The molecule has 2 aliphatic carbocycles. The van der Waals surface area contributed by atoms with Gasteiger partial charge in [0.15, 0.2) is 0 Å². The van der Waals surface area contributed by atoms with Crippen molar-refractivity contribution in [2.75, 3.05) is 14.2 Å². The molecule has 0 fully saturated rings. The van der Waals surface area contributed by atoms with Crippen LogP contribution in [0.25, 0.3) is 11.1 Å². The van der Waals surface area contributed by atoms with Gasteiger partial charge in [-0.05, 0) is 24.1 Å². The van der Waals surface area contributed by atoms with Crippen LogP contribution in [0.1, 0.15) is 31.4 Å². The quantitative estimate of drug-likeness (QED) is 0.432. The molecule has 148 valence electrons. The van der Waals surface area contributed by atoms with Gasteiger partial charge < -0.3 is 34.3 Å². The fourth-order valence-corrected chi connectivity index (χ4v) is 2.66. The molecule has 4 rings (SSSR count). The van der Waals surface area contributed by atoms with E-state index in [1.54, 1.807) is 38.5 Å². The number of hydrogen-bond acceptors (Lipinski definition) is 2. The Kier molecular flexibility index (Phi) is 13.4. The number of allylic oxidation sites excluding steroid dienone is 4. The van der Waals surface area contributed by atoms with Crippen molar-refractivity contribution in [3.8, 4) is 22.6 Å². The second kappa shape index (κ2) is 13.9. The van der Waals surface area contributed by atoms with Crippen molar-refractivity contribution in [1.82, 2.24) is 0 Å². The Balaban J connectivity index is 0.000000559. The van der Waals surface area contributed by atoms with Crippen molar-refractivity contribution in [3.63, 3.8) is 0 Å². The van der Waals surface area contributed by atoms with Crippen LogP contribution in [-0.2, 0) is 30.7 Å². The SMILES string of the molecule is COc1[c-]c2c(cc1)-c1ccc(OC)cc1C2.C[C](C)=[Zr+2].[C-]1=CC=CC1.[Cl-].[Cl-]. The molecule has 0 spiro atoms. The Morgan fingerprint density at radius 2 is 1.68 bits per heavy atom. The van der Waals surface area contributed by atoms with Gasteiger partial charge in [-0.3, -0.25) is 6.08 Å². The molecule has 0 atom stereocenters. The normalized spacial score (nSPS) is 11.4. The van der Waals surface area contributed by atoms with Crippen LogP contribution < -0.4 is 34.3 Å². The summed E-state index contributed by atoms with van der Waals surface area (Å²) in [6.45, 7) is 4.25. The van der Waals surface area contributed by atoms with E-state index in [0.29, 0.717) is 0 Å². The van der Waals surface area contributed by atoms with Gasteiger partial charge in [0.05, 0.1) is 14.2 Å². The molecule has 2 nitrogen and oxygen atoms in total. The molecular formula is C23H24Cl2O2Zr-2. The summed E-state index contributed by atoms with van der Waals surface area (Å²) in [4.78, 5) is 0. The van der Waals surface area contributed by atoms with E-state index in [9.17, 15) is 0 Å². The Morgan fingerprint density at radius 1 is 1.00 bits per heavy atom. The molecule has 0 heterocycles. The third-order valence-electron chi connectivity index (χ3n) is 3.78. The van der Waals surface area contributed by atoms with Crippen LogP contribution in [0.15, 0.2) is 48.6 Å². The number of rotatable bonds is 2. The zero-order valence-corrected chi connectivity index (χ0v) is 20.6. The van der Waals surface area contributed by atoms with Crippen LogP contribution in [0.3, 0.4) is 0 Å². The van der Waals surface area contributed by atoms with Gasteiger partial charge in [-0.25, -0.2) is 12.2 Å². The van der Waals surface area contributed by atoms with E-state index in [-0.39, 0.29) is 24.8 Å². The second-order valence-corrected chi connectivity index (χ2v) is 8.58. The summed E-state index contributed by atoms with van der Waals surface area (Å²) < 4.78 is 12.0. The van der Waals surface area contributed by atoms with Crippen molar-refractivity contribution >= 4 is 3.21 Å². The van der Waals surface area contributed by atoms with Crippen molar-refractivity contribution in [2.45, 2.75) is 26.7 Å². The average Bonchev–Trinajstić information content (AvgIpc) is 3.31. The largest absolute Gasteiger partial charge is 1.00 e. The predicted octanol–water partition coefficient (Wildman–Crippen LogP) is -0.866. The summed E-state index contributed by atoms with van der Waals surface area (Å²) in [6, 6.07) is 13.6. The minimum Gasteiger partial charge on any atom is -1.00 e. The van der Waals surface area contributed by atoms with E-state index >= 15 is 0 Å². The molecule has 0 radical (unpaired) electrons. The van der Waals surface area contributed by atoms with Gasteiger partial charge in [0, 0.05) is 5.75 Å². The van der Waals surface area contributed by atoms with Crippen LogP contribution in [-0.4, -0.2) is 17.4 Å². The standard InChI is InChI=1S/C15H13O2.C5H5.C3H6.2ClH.Zr/c1-16-12-3-5-14-10(8-12)7-11-9-13(17-2)4-6-15(11)14;1-2-4-5-3-1;1-3-2;;;/h3-6,8H,7H2,1-2H3;1-3H,4H2;1-2H3;2*1H;/q2*-1;;;;+2/p-2. The van der Waals surface area contributed by atoms with E-state index in [0.717, 1.165) is 24.3 Å². The molecule has 2 aromatic rings. The molecule has 0 N–H and O–H groups in total. The topological polar surface area (TPSA) is 18.5 Å². The van der Waals surface area contributed by atoms with Crippen LogP contribution in [0.4, 0.5) is 0 Å². The fraction of sp³-hybridized carbons (Fsp3) is 0.261. The minimum atomic E-state index is 0. The monoisotopic (exact) mass is 492 g/mol. The van der Waals surface area contributed by atoms with E-state index in [1.807, 2.05) is 24.3 Å². The Morgan fingerprint density at radius 3 is 2.18 bits per heavy atom. The van der Waals surface area contributed by atoms with Crippen LogP contribution in [0.2, 0.25) is 0 Å². The van der Waals surface area contributed by atoms with Crippen molar-refractivity contribution in [1.29, 1.82) is 0 Å². The van der Waals surface area contributed by atoms with Crippen molar-refractivity contribution in [2.24, 2.45) is 0 Å². The molecule has 0 bridgehead atoms. The molecule has 0 unspecified atom stereocenters. The van der Waals surface area contributed by atoms with Crippen LogP contribution in [0.5, 0.6) is 11.5 Å². The number of benzene rings is 2. The van der Waals surface area contributed by atoms with Crippen molar-refractivity contribution in [3.05, 3.63) is 71.8 Å². The number of fused-ring (bicyclic) bond motifs is 3. The molecule has 0 saturated carbocycles. The molecule has 5 heteroatoms. The molecular weight excluding hydrogens is 470 g/mol. The van der Waals surface area contributed by atoms with Crippen molar-refractivity contribution < 1.29 is 58.5 Å². The molecule has 28 heavy (non-hydrogen) atoms. The zero-order valence-electron chi connectivity index (χ0n) is 16.6. The van der Waals surface area contributed by atoms with E-state index in [2.05, 4.69) is 50.3 Å². The Bertz CT molecular complexity index is 764. The maximum atomic E-state index is 5.25. The number of methoxy groups -OCH3 is 2. The molecule has 0 aromatic heterocycles. The minimum absolute atomic E-state index is 0. The average molecular weight is 495 g/mol.